The van der Waals surface area contributed by atoms with E-state index < -0.39 is 0 Å². The van der Waals surface area contributed by atoms with E-state index in [-0.39, 0.29) is 0 Å². The Kier molecular flexibility index (Phi) is 7.04. The molecule has 0 spiro atoms. The molecule has 0 aliphatic rings. The van der Waals surface area contributed by atoms with E-state index in [1.807, 2.05) is 17.4 Å². The lowest BCUT2D eigenvalue weighted by atomic mass is 9.93. The fourth-order valence-corrected chi connectivity index (χ4v) is 8.59. The van der Waals surface area contributed by atoms with Gasteiger partial charge in [-0.3, -0.25) is 0 Å². The zero-order valence-corrected chi connectivity index (χ0v) is 28.5. The number of fused-ring (bicyclic) bond motifs is 6. The monoisotopic (exact) mass is 669 g/mol. The first-order valence-corrected chi connectivity index (χ1v) is 18.1. The number of hydrogen-bond donors (Lipinski definition) is 0. The number of hydrogen-bond acceptors (Lipinski definition) is 3. The van der Waals surface area contributed by atoms with E-state index in [4.69, 9.17) is 4.42 Å². The summed E-state index contributed by atoms with van der Waals surface area (Å²) in [5.41, 5.74) is 12.0. The van der Waals surface area contributed by atoms with Gasteiger partial charge < -0.3 is 9.32 Å². The topological polar surface area (TPSA) is 16.4 Å². The summed E-state index contributed by atoms with van der Waals surface area (Å²) in [4.78, 5) is 2.34. The molecule has 2 aromatic heterocycles. The Morgan fingerprint density at radius 1 is 0.373 bits per heavy atom. The first-order chi connectivity index (χ1) is 25.3. The second kappa shape index (κ2) is 12.2. The molecule has 3 heteroatoms. The summed E-state index contributed by atoms with van der Waals surface area (Å²) in [6, 6.07) is 67.4. The molecule has 0 aliphatic carbocycles. The third-order valence-electron chi connectivity index (χ3n) is 9.89. The van der Waals surface area contributed by atoms with Crippen LogP contribution in [0.2, 0.25) is 0 Å². The number of rotatable bonds is 6. The van der Waals surface area contributed by atoms with Crippen molar-refractivity contribution >= 4 is 70.5 Å². The SMILES string of the molecule is c1ccc(-c2ccc(N(c3ccc(-c4ccccc4)c(-c4ccc5c(c4)sc4ccccc45)c3)c3cccc4c3oc3ccccc34)cc2)cc1. The number of benzene rings is 8. The second-order valence-corrected chi connectivity index (χ2v) is 14.0. The molecular weight excluding hydrogens is 639 g/mol. The molecular formula is C48H31NOS. The summed E-state index contributed by atoms with van der Waals surface area (Å²) in [6.45, 7) is 0. The van der Waals surface area contributed by atoms with Crippen LogP contribution in [-0.4, -0.2) is 0 Å². The number of thiophene rings is 1. The van der Waals surface area contributed by atoms with Gasteiger partial charge in [0.1, 0.15) is 5.58 Å². The molecule has 0 unspecified atom stereocenters. The molecule has 0 fully saturated rings. The number of furan rings is 1. The van der Waals surface area contributed by atoms with E-state index in [1.54, 1.807) is 0 Å². The van der Waals surface area contributed by atoms with Gasteiger partial charge in [0.25, 0.3) is 0 Å². The van der Waals surface area contributed by atoms with Crippen molar-refractivity contribution in [2.24, 2.45) is 0 Å². The quantitative estimate of drug-likeness (QED) is 0.175. The average Bonchev–Trinajstić information content (AvgIpc) is 3.78. The van der Waals surface area contributed by atoms with Crippen LogP contribution >= 0.6 is 11.3 Å². The Bertz CT molecular complexity index is 2850. The van der Waals surface area contributed by atoms with E-state index in [1.165, 1.54) is 53.6 Å². The molecule has 10 aromatic rings. The summed E-state index contributed by atoms with van der Waals surface area (Å²) in [6.07, 6.45) is 0. The maximum Gasteiger partial charge on any atom is 0.159 e. The van der Waals surface area contributed by atoms with Crippen LogP contribution in [0.15, 0.2) is 192 Å². The smallest absolute Gasteiger partial charge is 0.159 e. The predicted octanol–water partition coefficient (Wildman–Crippen LogP) is 14.4. The van der Waals surface area contributed by atoms with E-state index in [9.17, 15) is 0 Å². The molecule has 0 N–H and O–H groups in total. The fraction of sp³-hybridized carbons (Fsp3) is 0. The largest absolute Gasteiger partial charge is 0.454 e. The van der Waals surface area contributed by atoms with Crippen LogP contribution in [0.5, 0.6) is 0 Å². The van der Waals surface area contributed by atoms with Gasteiger partial charge in [-0.2, -0.15) is 0 Å². The van der Waals surface area contributed by atoms with Crippen molar-refractivity contribution in [1.29, 1.82) is 0 Å². The highest BCUT2D eigenvalue weighted by atomic mass is 32.1. The molecule has 0 saturated heterocycles. The lowest BCUT2D eigenvalue weighted by molar-refractivity contribution is 0.669. The third-order valence-corrected chi connectivity index (χ3v) is 11.0. The lowest BCUT2D eigenvalue weighted by Crippen LogP contribution is -2.10. The molecule has 0 bridgehead atoms. The highest BCUT2D eigenvalue weighted by molar-refractivity contribution is 7.25. The van der Waals surface area contributed by atoms with E-state index >= 15 is 0 Å². The molecule has 2 heterocycles. The van der Waals surface area contributed by atoms with Gasteiger partial charge in [-0.25, -0.2) is 0 Å². The summed E-state index contributed by atoms with van der Waals surface area (Å²) >= 11 is 1.86. The standard InChI is InChI=1S/C48H31NOS/c1-3-12-32(13-4-1)33-22-25-36(26-23-33)49(44-19-11-18-42-39-16-7-9-20-45(39)50-48(42)44)37-27-29-38(34-14-5-2-6-15-34)43(31-37)35-24-28-41-40-17-8-10-21-46(40)51-47(41)30-35/h1-31H. The minimum Gasteiger partial charge on any atom is -0.454 e. The Hall–Kier alpha value is -6.42. The molecule has 240 valence electrons. The van der Waals surface area contributed by atoms with Crippen LogP contribution in [-0.2, 0) is 0 Å². The van der Waals surface area contributed by atoms with Gasteiger partial charge in [0, 0.05) is 42.3 Å². The zero-order chi connectivity index (χ0) is 33.7. The van der Waals surface area contributed by atoms with Crippen molar-refractivity contribution in [3.8, 4) is 33.4 Å². The van der Waals surface area contributed by atoms with Crippen LogP contribution in [0, 0.1) is 0 Å². The van der Waals surface area contributed by atoms with Crippen molar-refractivity contribution in [3.05, 3.63) is 188 Å². The van der Waals surface area contributed by atoms with Crippen LogP contribution in [0.4, 0.5) is 17.1 Å². The minimum atomic E-state index is 0.867. The Morgan fingerprint density at radius 2 is 1.00 bits per heavy atom. The van der Waals surface area contributed by atoms with Gasteiger partial charge in [0.15, 0.2) is 5.58 Å². The van der Waals surface area contributed by atoms with Gasteiger partial charge >= 0.3 is 0 Å². The fourth-order valence-electron chi connectivity index (χ4n) is 7.44. The van der Waals surface area contributed by atoms with Gasteiger partial charge in [-0.1, -0.05) is 140 Å². The molecule has 8 aromatic carbocycles. The van der Waals surface area contributed by atoms with E-state index in [0.717, 1.165) is 39.0 Å². The molecule has 10 rings (SSSR count). The predicted molar refractivity (Wildman–Crippen MR) is 218 cm³/mol. The second-order valence-electron chi connectivity index (χ2n) is 12.9. The Labute approximate surface area is 300 Å². The van der Waals surface area contributed by atoms with Crippen molar-refractivity contribution in [2.45, 2.75) is 0 Å². The minimum absolute atomic E-state index is 0.867. The molecule has 0 amide bonds. The van der Waals surface area contributed by atoms with Gasteiger partial charge in [0.2, 0.25) is 0 Å². The zero-order valence-electron chi connectivity index (χ0n) is 27.7. The van der Waals surface area contributed by atoms with Crippen molar-refractivity contribution in [3.63, 3.8) is 0 Å². The van der Waals surface area contributed by atoms with Crippen LogP contribution < -0.4 is 4.90 Å². The van der Waals surface area contributed by atoms with Crippen molar-refractivity contribution in [1.82, 2.24) is 0 Å². The first kappa shape index (κ1) is 29.5. The summed E-state index contributed by atoms with van der Waals surface area (Å²) in [7, 11) is 0. The van der Waals surface area contributed by atoms with Gasteiger partial charge in [-0.05, 0) is 81.9 Å². The Morgan fingerprint density at radius 3 is 1.82 bits per heavy atom. The molecule has 0 atom stereocenters. The normalized spacial score (nSPS) is 11.5. The van der Waals surface area contributed by atoms with Crippen molar-refractivity contribution < 1.29 is 4.42 Å². The van der Waals surface area contributed by atoms with Crippen LogP contribution in [0.25, 0.3) is 75.5 Å². The molecule has 2 nitrogen and oxygen atoms in total. The maximum absolute atomic E-state index is 6.65. The summed E-state index contributed by atoms with van der Waals surface area (Å²) < 4.78 is 9.25. The highest BCUT2D eigenvalue weighted by Gasteiger charge is 2.21. The number of para-hydroxylation sites is 2. The lowest BCUT2D eigenvalue weighted by Gasteiger charge is -2.27. The molecule has 0 saturated carbocycles. The van der Waals surface area contributed by atoms with Crippen LogP contribution in [0.3, 0.4) is 0 Å². The third kappa shape index (κ3) is 5.10. The highest BCUT2D eigenvalue weighted by Crippen LogP contribution is 2.46. The number of anilines is 3. The van der Waals surface area contributed by atoms with Crippen LogP contribution in [0.1, 0.15) is 0 Å². The van der Waals surface area contributed by atoms with E-state index in [2.05, 4.69) is 187 Å². The molecule has 51 heavy (non-hydrogen) atoms. The first-order valence-electron chi connectivity index (χ1n) is 17.3. The average molecular weight is 670 g/mol. The summed E-state index contributed by atoms with van der Waals surface area (Å²) in [5, 5.41) is 4.83. The Balaban J connectivity index is 1.20. The van der Waals surface area contributed by atoms with Gasteiger partial charge in [0.05, 0.1) is 5.69 Å². The van der Waals surface area contributed by atoms with E-state index in [0.29, 0.717) is 0 Å². The molecule has 0 aliphatic heterocycles. The van der Waals surface area contributed by atoms with Crippen molar-refractivity contribution in [2.75, 3.05) is 4.90 Å². The summed E-state index contributed by atoms with van der Waals surface area (Å²) in [5.74, 6) is 0. The van der Waals surface area contributed by atoms with Gasteiger partial charge in [-0.15, -0.1) is 11.3 Å². The maximum atomic E-state index is 6.65. The number of nitrogens with zero attached hydrogens (tertiary/aromatic N) is 1. The molecule has 0 radical (unpaired) electrons.